The second kappa shape index (κ2) is 7.07. The minimum atomic E-state index is -0.393. The van der Waals surface area contributed by atoms with Crippen molar-refractivity contribution >= 4 is 5.91 Å². The first kappa shape index (κ1) is 13.8. The number of carbonyl (C=O) groups excluding carboxylic acids is 1. The summed E-state index contributed by atoms with van der Waals surface area (Å²) in [5, 5.41) is 6.28. The van der Waals surface area contributed by atoms with E-state index in [1.54, 1.807) is 6.92 Å². The molecular weight excluding hydrogens is 232 g/mol. The molecule has 5 nitrogen and oxygen atoms in total. The fourth-order valence-electron chi connectivity index (χ4n) is 2.40. The van der Waals surface area contributed by atoms with E-state index in [1.807, 2.05) is 0 Å². The van der Waals surface area contributed by atoms with Crippen molar-refractivity contribution in [2.45, 2.75) is 50.9 Å². The first-order chi connectivity index (χ1) is 8.75. The number of hydrogen-bond acceptors (Lipinski definition) is 4. The zero-order chi connectivity index (χ0) is 12.8. The van der Waals surface area contributed by atoms with Crippen LogP contribution in [0.3, 0.4) is 0 Å². The van der Waals surface area contributed by atoms with Gasteiger partial charge in [-0.25, -0.2) is 0 Å². The highest BCUT2D eigenvalue weighted by molar-refractivity contribution is 5.80. The summed E-state index contributed by atoms with van der Waals surface area (Å²) in [7, 11) is 0. The van der Waals surface area contributed by atoms with Crippen LogP contribution in [0.2, 0.25) is 0 Å². The van der Waals surface area contributed by atoms with Crippen LogP contribution in [-0.2, 0) is 14.3 Å². The summed E-state index contributed by atoms with van der Waals surface area (Å²) in [6.45, 7) is 4.91. The summed E-state index contributed by atoms with van der Waals surface area (Å²) in [5.41, 5.74) is 0. The Balaban J connectivity index is 1.58. The molecule has 0 aromatic carbocycles. The monoisotopic (exact) mass is 256 g/mol. The van der Waals surface area contributed by atoms with Crippen LogP contribution in [0.25, 0.3) is 0 Å². The largest absolute Gasteiger partial charge is 0.376 e. The summed E-state index contributed by atoms with van der Waals surface area (Å²) in [6.07, 6.45) is 4.27. The SMILES string of the molecule is CC(OCC1CCCO1)C(=O)NCC1CCCN1. The lowest BCUT2D eigenvalue weighted by Gasteiger charge is -2.17. The fraction of sp³-hybridized carbons (Fsp3) is 0.923. The van der Waals surface area contributed by atoms with E-state index in [1.165, 1.54) is 6.42 Å². The van der Waals surface area contributed by atoms with E-state index in [9.17, 15) is 4.79 Å². The average molecular weight is 256 g/mol. The molecule has 0 saturated carbocycles. The summed E-state index contributed by atoms with van der Waals surface area (Å²) < 4.78 is 11.0. The predicted molar refractivity (Wildman–Crippen MR) is 68.4 cm³/mol. The Morgan fingerprint density at radius 2 is 2.39 bits per heavy atom. The zero-order valence-corrected chi connectivity index (χ0v) is 11.1. The number of hydrogen-bond donors (Lipinski definition) is 2. The van der Waals surface area contributed by atoms with Gasteiger partial charge in [0.25, 0.3) is 0 Å². The standard InChI is InChI=1S/C13H24N2O3/c1-10(18-9-12-5-3-7-17-12)13(16)15-8-11-4-2-6-14-11/h10-12,14H,2-9H2,1H3,(H,15,16). The smallest absolute Gasteiger partial charge is 0.248 e. The van der Waals surface area contributed by atoms with Crippen molar-refractivity contribution in [1.82, 2.24) is 10.6 Å². The Morgan fingerprint density at radius 1 is 1.50 bits per heavy atom. The van der Waals surface area contributed by atoms with Gasteiger partial charge in [-0.2, -0.15) is 0 Å². The van der Waals surface area contributed by atoms with Crippen molar-refractivity contribution in [3.05, 3.63) is 0 Å². The van der Waals surface area contributed by atoms with Crippen molar-refractivity contribution < 1.29 is 14.3 Å². The lowest BCUT2D eigenvalue weighted by Crippen LogP contribution is -2.42. The molecule has 104 valence electrons. The molecule has 18 heavy (non-hydrogen) atoms. The summed E-state index contributed by atoms with van der Waals surface area (Å²) in [4.78, 5) is 11.8. The normalized spacial score (nSPS) is 29.4. The van der Waals surface area contributed by atoms with Gasteiger partial charge in [0, 0.05) is 19.2 Å². The fourth-order valence-corrected chi connectivity index (χ4v) is 2.40. The van der Waals surface area contributed by atoms with Gasteiger partial charge in [-0.1, -0.05) is 0 Å². The van der Waals surface area contributed by atoms with Gasteiger partial charge in [0.2, 0.25) is 5.91 Å². The third-order valence-electron chi connectivity index (χ3n) is 3.61. The van der Waals surface area contributed by atoms with E-state index in [0.29, 0.717) is 19.2 Å². The molecule has 0 bridgehead atoms. The molecule has 5 heteroatoms. The molecule has 3 unspecified atom stereocenters. The van der Waals surface area contributed by atoms with Crippen LogP contribution in [-0.4, -0.2) is 50.5 Å². The Labute approximate surface area is 109 Å². The van der Waals surface area contributed by atoms with E-state index in [-0.39, 0.29) is 12.0 Å². The van der Waals surface area contributed by atoms with Gasteiger partial charge in [0.05, 0.1) is 12.7 Å². The van der Waals surface area contributed by atoms with Gasteiger partial charge >= 0.3 is 0 Å². The van der Waals surface area contributed by atoms with Crippen LogP contribution in [0.15, 0.2) is 0 Å². The molecule has 0 aromatic rings. The van der Waals surface area contributed by atoms with Crippen LogP contribution >= 0.6 is 0 Å². The van der Waals surface area contributed by atoms with Crippen molar-refractivity contribution in [3.63, 3.8) is 0 Å². The maximum atomic E-state index is 11.8. The Bertz CT molecular complexity index is 261. The second-order valence-corrected chi connectivity index (χ2v) is 5.15. The van der Waals surface area contributed by atoms with Crippen LogP contribution in [0.5, 0.6) is 0 Å². The molecule has 2 aliphatic rings. The van der Waals surface area contributed by atoms with Crippen molar-refractivity contribution in [2.75, 3.05) is 26.3 Å². The third kappa shape index (κ3) is 4.23. The van der Waals surface area contributed by atoms with Crippen molar-refractivity contribution in [3.8, 4) is 0 Å². The predicted octanol–water partition coefficient (Wildman–Crippen LogP) is 0.439. The van der Waals surface area contributed by atoms with Crippen LogP contribution in [0, 0.1) is 0 Å². The highest BCUT2D eigenvalue weighted by atomic mass is 16.5. The molecule has 0 aliphatic carbocycles. The van der Waals surface area contributed by atoms with E-state index in [4.69, 9.17) is 9.47 Å². The number of ether oxygens (including phenoxy) is 2. The second-order valence-electron chi connectivity index (χ2n) is 5.15. The molecule has 3 atom stereocenters. The minimum absolute atomic E-state index is 0.0262. The maximum absolute atomic E-state index is 11.8. The number of nitrogens with one attached hydrogen (secondary N) is 2. The van der Waals surface area contributed by atoms with Gasteiger partial charge < -0.3 is 20.1 Å². The molecular formula is C13H24N2O3. The highest BCUT2D eigenvalue weighted by Gasteiger charge is 2.21. The first-order valence-corrected chi connectivity index (χ1v) is 7.00. The third-order valence-corrected chi connectivity index (χ3v) is 3.61. The molecule has 0 spiro atoms. The number of amides is 1. The molecule has 2 heterocycles. The molecule has 2 fully saturated rings. The van der Waals surface area contributed by atoms with Crippen LogP contribution in [0.4, 0.5) is 0 Å². The van der Waals surface area contributed by atoms with Crippen molar-refractivity contribution in [1.29, 1.82) is 0 Å². The Kier molecular flexibility index (Phi) is 5.41. The maximum Gasteiger partial charge on any atom is 0.248 e. The average Bonchev–Trinajstić information content (AvgIpc) is 3.05. The molecule has 2 rings (SSSR count). The Morgan fingerprint density at radius 3 is 3.06 bits per heavy atom. The lowest BCUT2D eigenvalue weighted by atomic mass is 10.2. The van der Waals surface area contributed by atoms with E-state index < -0.39 is 6.10 Å². The number of rotatable bonds is 6. The zero-order valence-electron chi connectivity index (χ0n) is 11.1. The van der Waals surface area contributed by atoms with Gasteiger partial charge in [-0.3, -0.25) is 4.79 Å². The van der Waals surface area contributed by atoms with Gasteiger partial charge in [-0.05, 0) is 39.2 Å². The molecule has 2 saturated heterocycles. The van der Waals surface area contributed by atoms with Crippen LogP contribution in [0.1, 0.15) is 32.6 Å². The summed E-state index contributed by atoms with van der Waals surface area (Å²) in [5.74, 6) is -0.0262. The summed E-state index contributed by atoms with van der Waals surface area (Å²) in [6, 6.07) is 0.430. The number of carbonyl (C=O) groups is 1. The molecule has 2 N–H and O–H groups in total. The van der Waals surface area contributed by atoms with Gasteiger partial charge in [-0.15, -0.1) is 0 Å². The van der Waals surface area contributed by atoms with E-state index in [0.717, 1.165) is 32.4 Å². The highest BCUT2D eigenvalue weighted by Crippen LogP contribution is 2.12. The quantitative estimate of drug-likeness (QED) is 0.724. The van der Waals surface area contributed by atoms with Gasteiger partial charge in [0.15, 0.2) is 0 Å². The molecule has 0 radical (unpaired) electrons. The lowest BCUT2D eigenvalue weighted by molar-refractivity contribution is -0.133. The minimum Gasteiger partial charge on any atom is -0.376 e. The first-order valence-electron chi connectivity index (χ1n) is 7.00. The van der Waals surface area contributed by atoms with Gasteiger partial charge in [0.1, 0.15) is 6.10 Å². The van der Waals surface area contributed by atoms with E-state index in [2.05, 4.69) is 10.6 Å². The molecule has 2 aliphatic heterocycles. The molecule has 1 amide bonds. The molecule has 0 aromatic heterocycles. The van der Waals surface area contributed by atoms with Crippen molar-refractivity contribution in [2.24, 2.45) is 0 Å². The van der Waals surface area contributed by atoms with Crippen LogP contribution < -0.4 is 10.6 Å². The topological polar surface area (TPSA) is 59.6 Å². The Hall–Kier alpha value is -0.650. The summed E-state index contributed by atoms with van der Waals surface area (Å²) >= 11 is 0. The van der Waals surface area contributed by atoms with E-state index >= 15 is 0 Å².